The Labute approximate surface area is 172 Å². The molecule has 0 amide bonds. The van der Waals surface area contributed by atoms with Gasteiger partial charge in [-0.05, 0) is 75.6 Å². The first-order valence-corrected chi connectivity index (χ1v) is 10.0. The molecule has 0 atom stereocenters. The number of carbonyl (C=O) groups excluding carboxylic acids is 1. The van der Waals surface area contributed by atoms with Crippen molar-refractivity contribution in [2.24, 2.45) is 4.99 Å². The number of benzene rings is 2. The molecule has 0 radical (unpaired) electrons. The topological polar surface area (TPSA) is 43.6 Å². The third-order valence-electron chi connectivity index (χ3n) is 5.13. The van der Waals surface area contributed by atoms with E-state index in [0.717, 1.165) is 17.7 Å². The van der Waals surface area contributed by atoms with Crippen molar-refractivity contribution in [1.82, 2.24) is 4.57 Å². The highest BCUT2D eigenvalue weighted by Gasteiger charge is 2.14. The average molecular weight is 389 g/mol. The van der Waals surface area contributed by atoms with Gasteiger partial charge >= 0.3 is 5.97 Å². The maximum Gasteiger partial charge on any atom is 0.338 e. The number of rotatable bonds is 6. The Morgan fingerprint density at radius 2 is 1.79 bits per heavy atom. The van der Waals surface area contributed by atoms with E-state index in [4.69, 9.17) is 4.74 Å². The smallest absolute Gasteiger partial charge is 0.338 e. The van der Waals surface area contributed by atoms with Crippen LogP contribution in [0.15, 0.2) is 53.5 Å². The molecule has 0 saturated carbocycles. The Hall–Kier alpha value is -3.14. The van der Waals surface area contributed by atoms with Crippen molar-refractivity contribution in [3.05, 3.63) is 82.2 Å². The first kappa shape index (κ1) is 20.6. The zero-order valence-corrected chi connectivity index (χ0v) is 17.8. The van der Waals surface area contributed by atoms with Crippen molar-refractivity contribution in [3.63, 3.8) is 0 Å². The minimum Gasteiger partial charge on any atom is -0.462 e. The second kappa shape index (κ2) is 8.91. The fourth-order valence-corrected chi connectivity index (χ4v) is 3.63. The van der Waals surface area contributed by atoms with E-state index < -0.39 is 0 Å². The molecule has 3 aromatic rings. The number of aromatic nitrogens is 1. The lowest BCUT2D eigenvalue weighted by Gasteiger charge is -2.17. The van der Waals surface area contributed by atoms with Crippen LogP contribution in [0.25, 0.3) is 5.69 Å². The van der Waals surface area contributed by atoms with Crippen molar-refractivity contribution < 1.29 is 9.53 Å². The van der Waals surface area contributed by atoms with Gasteiger partial charge in [-0.25, -0.2) is 4.79 Å². The summed E-state index contributed by atoms with van der Waals surface area (Å²) in [5, 5.41) is 0. The van der Waals surface area contributed by atoms with Gasteiger partial charge in [0.2, 0.25) is 0 Å². The van der Waals surface area contributed by atoms with Gasteiger partial charge in [0, 0.05) is 23.2 Å². The number of hydrogen-bond acceptors (Lipinski definition) is 3. The highest BCUT2D eigenvalue weighted by Crippen LogP contribution is 2.26. The molecule has 0 N–H and O–H groups in total. The molecule has 150 valence electrons. The quantitative estimate of drug-likeness (QED) is 0.390. The lowest BCUT2D eigenvalue weighted by molar-refractivity contribution is 0.0526. The fraction of sp³-hybridized carbons (Fsp3) is 0.280. The summed E-state index contributed by atoms with van der Waals surface area (Å²) in [7, 11) is 0. The van der Waals surface area contributed by atoms with Gasteiger partial charge in [0.15, 0.2) is 0 Å². The van der Waals surface area contributed by atoms with Crippen LogP contribution in [0, 0.1) is 20.8 Å². The standard InChI is InChI=1S/C25H28N2O2/c1-6-20-10-8-9-17(3)24(20)27-18(4)15-22(19(27)5)16-26-23-13-11-21(12-14-23)25(28)29-7-2/h8-16H,6-7H2,1-5H3. The van der Waals surface area contributed by atoms with E-state index in [0.29, 0.717) is 12.2 Å². The molecule has 2 aromatic carbocycles. The lowest BCUT2D eigenvalue weighted by Crippen LogP contribution is -2.05. The number of hydrogen-bond donors (Lipinski definition) is 0. The number of carbonyl (C=O) groups is 1. The molecule has 0 aliphatic carbocycles. The largest absolute Gasteiger partial charge is 0.462 e. The van der Waals surface area contributed by atoms with Gasteiger partial charge in [0.25, 0.3) is 0 Å². The summed E-state index contributed by atoms with van der Waals surface area (Å²) in [6.45, 7) is 10.8. The number of para-hydroxylation sites is 1. The van der Waals surface area contributed by atoms with Crippen molar-refractivity contribution in [1.29, 1.82) is 0 Å². The molecule has 1 heterocycles. The van der Waals surface area contributed by atoms with Crippen LogP contribution in [0.1, 0.15) is 52.3 Å². The second-order valence-corrected chi connectivity index (χ2v) is 7.12. The van der Waals surface area contributed by atoms with Crippen molar-refractivity contribution in [3.8, 4) is 5.69 Å². The molecule has 1 aromatic heterocycles. The normalized spacial score (nSPS) is 11.2. The molecule has 0 unspecified atom stereocenters. The molecule has 29 heavy (non-hydrogen) atoms. The monoisotopic (exact) mass is 388 g/mol. The average Bonchev–Trinajstić information content (AvgIpc) is 3.00. The number of aryl methyl sites for hydroxylation is 3. The van der Waals surface area contributed by atoms with E-state index in [2.05, 4.69) is 61.5 Å². The Bertz CT molecular complexity index is 1040. The number of ether oxygens (including phenoxy) is 1. The van der Waals surface area contributed by atoms with Crippen molar-refractivity contribution in [2.75, 3.05) is 6.61 Å². The summed E-state index contributed by atoms with van der Waals surface area (Å²) in [6.07, 6.45) is 2.88. The van der Waals surface area contributed by atoms with Crippen LogP contribution in [0.5, 0.6) is 0 Å². The van der Waals surface area contributed by atoms with Gasteiger partial charge in [-0.15, -0.1) is 0 Å². The fourth-order valence-electron chi connectivity index (χ4n) is 3.63. The molecule has 0 bridgehead atoms. The molecule has 4 heteroatoms. The molecule has 0 saturated heterocycles. The first-order valence-electron chi connectivity index (χ1n) is 10.0. The lowest BCUT2D eigenvalue weighted by atomic mass is 10.1. The van der Waals surface area contributed by atoms with E-state index in [1.165, 1.54) is 28.2 Å². The van der Waals surface area contributed by atoms with Crippen LogP contribution >= 0.6 is 0 Å². The first-order chi connectivity index (χ1) is 14.0. The predicted molar refractivity (Wildman–Crippen MR) is 119 cm³/mol. The van der Waals surface area contributed by atoms with Crippen LogP contribution < -0.4 is 0 Å². The Kier molecular flexibility index (Phi) is 6.32. The van der Waals surface area contributed by atoms with Crippen molar-refractivity contribution >= 4 is 17.9 Å². The second-order valence-electron chi connectivity index (χ2n) is 7.12. The minimum atomic E-state index is -0.309. The van der Waals surface area contributed by atoms with Crippen LogP contribution in [0.3, 0.4) is 0 Å². The van der Waals surface area contributed by atoms with Gasteiger partial charge < -0.3 is 9.30 Å². The van der Waals surface area contributed by atoms with Crippen molar-refractivity contribution in [2.45, 2.75) is 41.0 Å². The zero-order valence-electron chi connectivity index (χ0n) is 17.8. The van der Waals surface area contributed by atoms with E-state index in [1.54, 1.807) is 19.1 Å². The van der Waals surface area contributed by atoms with Crippen LogP contribution in [0.4, 0.5) is 5.69 Å². The molecule has 0 fully saturated rings. The molecule has 3 rings (SSSR count). The molecular weight excluding hydrogens is 360 g/mol. The Balaban J connectivity index is 1.91. The van der Waals surface area contributed by atoms with E-state index >= 15 is 0 Å². The third kappa shape index (κ3) is 4.32. The van der Waals surface area contributed by atoms with E-state index in [-0.39, 0.29) is 5.97 Å². The number of esters is 1. The predicted octanol–water partition coefficient (Wildman–Crippen LogP) is 5.89. The van der Waals surface area contributed by atoms with Gasteiger partial charge in [-0.1, -0.05) is 25.1 Å². The van der Waals surface area contributed by atoms with Crippen LogP contribution in [-0.2, 0) is 11.2 Å². The summed E-state index contributed by atoms with van der Waals surface area (Å²) >= 11 is 0. The maximum atomic E-state index is 11.8. The molecular formula is C25H28N2O2. The molecule has 4 nitrogen and oxygen atoms in total. The Morgan fingerprint density at radius 1 is 1.07 bits per heavy atom. The van der Waals surface area contributed by atoms with E-state index in [1.807, 2.05) is 18.3 Å². The zero-order chi connectivity index (χ0) is 21.0. The van der Waals surface area contributed by atoms with Crippen LogP contribution in [0.2, 0.25) is 0 Å². The van der Waals surface area contributed by atoms with Gasteiger partial charge in [0.05, 0.1) is 23.5 Å². The molecule has 0 aliphatic heterocycles. The highest BCUT2D eigenvalue weighted by atomic mass is 16.5. The summed E-state index contributed by atoms with van der Waals surface area (Å²) < 4.78 is 7.34. The highest BCUT2D eigenvalue weighted by molar-refractivity contribution is 5.90. The van der Waals surface area contributed by atoms with E-state index in [9.17, 15) is 4.79 Å². The third-order valence-corrected chi connectivity index (χ3v) is 5.13. The van der Waals surface area contributed by atoms with Gasteiger partial charge in [-0.3, -0.25) is 4.99 Å². The summed E-state index contributed by atoms with van der Waals surface area (Å²) in [6, 6.07) is 15.8. The SMILES string of the molecule is CCOC(=O)c1ccc(N=Cc2cc(C)n(-c3c(C)cccc3CC)c2C)cc1. The minimum absolute atomic E-state index is 0.309. The molecule has 0 spiro atoms. The summed E-state index contributed by atoms with van der Waals surface area (Å²) in [5.41, 5.74) is 8.65. The van der Waals surface area contributed by atoms with Gasteiger partial charge in [-0.2, -0.15) is 0 Å². The number of nitrogens with zero attached hydrogens (tertiary/aromatic N) is 2. The summed E-state index contributed by atoms with van der Waals surface area (Å²) in [5.74, 6) is -0.309. The Morgan fingerprint density at radius 3 is 2.45 bits per heavy atom. The summed E-state index contributed by atoms with van der Waals surface area (Å²) in [4.78, 5) is 16.4. The van der Waals surface area contributed by atoms with Gasteiger partial charge in [0.1, 0.15) is 0 Å². The van der Waals surface area contributed by atoms with Crippen LogP contribution in [-0.4, -0.2) is 23.4 Å². The number of aliphatic imine (C=N–C) groups is 1. The maximum absolute atomic E-state index is 11.8. The molecule has 0 aliphatic rings.